The molecule has 1 aromatic rings. The molecule has 0 unspecified atom stereocenters. The molecule has 3 rings (SSSR count). The normalized spacial score (nSPS) is 25.1. The van der Waals surface area contributed by atoms with E-state index in [9.17, 15) is 9.90 Å². The summed E-state index contributed by atoms with van der Waals surface area (Å²) in [5.74, 6) is 1.67. The molecule has 0 spiro atoms. The molecule has 0 radical (unpaired) electrons. The number of methoxy groups -OCH3 is 1. The van der Waals surface area contributed by atoms with Crippen molar-refractivity contribution in [2.24, 2.45) is 11.8 Å². The van der Waals surface area contributed by atoms with E-state index in [2.05, 4.69) is 19.0 Å². The van der Waals surface area contributed by atoms with Crippen molar-refractivity contribution in [2.45, 2.75) is 24.7 Å². The lowest BCUT2D eigenvalue weighted by molar-refractivity contribution is -0.137. The highest BCUT2D eigenvalue weighted by Gasteiger charge is 2.53. The third-order valence-electron chi connectivity index (χ3n) is 5.59. The Morgan fingerprint density at radius 3 is 2.40 bits per heavy atom. The van der Waals surface area contributed by atoms with Crippen molar-refractivity contribution in [1.82, 2.24) is 9.80 Å². The first kappa shape index (κ1) is 18.2. The smallest absolute Gasteiger partial charge is 0.233 e. The Labute approximate surface area is 150 Å². The summed E-state index contributed by atoms with van der Waals surface area (Å²) in [6.07, 6.45) is 2.82. The van der Waals surface area contributed by atoms with Crippen LogP contribution in [0.15, 0.2) is 24.3 Å². The lowest BCUT2D eigenvalue weighted by Gasteiger charge is -2.40. The van der Waals surface area contributed by atoms with Crippen LogP contribution in [0, 0.1) is 11.8 Å². The van der Waals surface area contributed by atoms with Gasteiger partial charge in [0.2, 0.25) is 5.91 Å². The van der Waals surface area contributed by atoms with Gasteiger partial charge in [-0.15, -0.1) is 0 Å². The lowest BCUT2D eigenvalue weighted by atomic mass is 9.87. The topological polar surface area (TPSA) is 53.0 Å². The molecule has 1 saturated heterocycles. The van der Waals surface area contributed by atoms with E-state index in [4.69, 9.17) is 4.74 Å². The van der Waals surface area contributed by atoms with E-state index < -0.39 is 0 Å². The van der Waals surface area contributed by atoms with Gasteiger partial charge in [-0.05, 0) is 62.9 Å². The molecule has 1 aromatic carbocycles. The van der Waals surface area contributed by atoms with Crippen LogP contribution in [0.2, 0.25) is 0 Å². The number of ether oxygens (including phenoxy) is 1. The lowest BCUT2D eigenvalue weighted by Crippen LogP contribution is -2.50. The van der Waals surface area contributed by atoms with E-state index >= 15 is 0 Å². The van der Waals surface area contributed by atoms with E-state index in [1.807, 2.05) is 29.2 Å². The third kappa shape index (κ3) is 3.82. The van der Waals surface area contributed by atoms with Crippen LogP contribution in [-0.4, -0.2) is 68.3 Å². The quantitative estimate of drug-likeness (QED) is 0.853. The Kier molecular flexibility index (Phi) is 5.35. The Morgan fingerprint density at radius 1 is 1.24 bits per heavy atom. The minimum absolute atomic E-state index is 0.156. The highest BCUT2D eigenvalue weighted by molar-refractivity contribution is 5.91. The van der Waals surface area contributed by atoms with E-state index in [0.29, 0.717) is 12.5 Å². The Hall–Kier alpha value is -1.59. The fourth-order valence-corrected chi connectivity index (χ4v) is 4.23. The number of carbonyl (C=O) groups is 1. The third-order valence-corrected chi connectivity index (χ3v) is 5.59. The van der Waals surface area contributed by atoms with Crippen molar-refractivity contribution in [3.8, 4) is 5.75 Å². The average Bonchev–Trinajstić information content (AvgIpc) is 3.42. The van der Waals surface area contributed by atoms with Gasteiger partial charge in [-0.3, -0.25) is 4.79 Å². The Balaban J connectivity index is 1.75. The minimum Gasteiger partial charge on any atom is -0.497 e. The van der Waals surface area contributed by atoms with E-state index in [1.165, 1.54) is 0 Å². The predicted molar refractivity (Wildman–Crippen MR) is 97.7 cm³/mol. The monoisotopic (exact) mass is 346 g/mol. The number of nitrogens with zero attached hydrogens (tertiary/aromatic N) is 2. The summed E-state index contributed by atoms with van der Waals surface area (Å²) >= 11 is 0. The first-order valence-corrected chi connectivity index (χ1v) is 9.18. The number of rotatable bonds is 6. The number of likely N-dealkylation sites (tertiary alicyclic amines) is 1. The maximum Gasteiger partial charge on any atom is 0.233 e. The van der Waals surface area contributed by atoms with Crippen LogP contribution < -0.4 is 4.74 Å². The Morgan fingerprint density at radius 2 is 1.88 bits per heavy atom. The standard InChI is InChI=1S/C20H30N2O3/c1-21(2)11-15-10-16(14-23)13-22(12-15)19(24)20(8-9-20)17-4-6-18(25-3)7-5-17/h4-7,15-16,23H,8-14H2,1-3H3/t15-,16+/m1/s1. The highest BCUT2D eigenvalue weighted by atomic mass is 16.5. The summed E-state index contributed by atoms with van der Waals surface area (Å²) in [5, 5.41) is 9.67. The van der Waals surface area contributed by atoms with Gasteiger partial charge in [0, 0.05) is 26.2 Å². The first-order chi connectivity index (χ1) is 12.0. The van der Waals surface area contributed by atoms with Crippen LogP contribution in [-0.2, 0) is 10.2 Å². The number of hydrogen-bond donors (Lipinski definition) is 1. The van der Waals surface area contributed by atoms with Gasteiger partial charge in [-0.2, -0.15) is 0 Å². The fraction of sp³-hybridized carbons (Fsp3) is 0.650. The number of piperidine rings is 1. The van der Waals surface area contributed by atoms with Crippen LogP contribution in [0.5, 0.6) is 5.75 Å². The van der Waals surface area contributed by atoms with Gasteiger partial charge in [0.05, 0.1) is 12.5 Å². The van der Waals surface area contributed by atoms with Gasteiger partial charge in [-0.1, -0.05) is 12.1 Å². The predicted octanol–water partition coefficient (Wildman–Crippen LogP) is 1.75. The van der Waals surface area contributed by atoms with E-state index in [1.54, 1.807) is 7.11 Å². The molecule has 1 aliphatic carbocycles. The van der Waals surface area contributed by atoms with Crippen LogP contribution >= 0.6 is 0 Å². The van der Waals surface area contributed by atoms with Crippen molar-refractivity contribution in [2.75, 3.05) is 47.4 Å². The molecule has 2 atom stereocenters. The van der Waals surface area contributed by atoms with Gasteiger partial charge < -0.3 is 19.6 Å². The molecule has 1 heterocycles. The average molecular weight is 346 g/mol. The molecule has 1 saturated carbocycles. The zero-order chi connectivity index (χ0) is 18.0. The second kappa shape index (κ2) is 7.34. The zero-order valence-corrected chi connectivity index (χ0v) is 15.6. The second-order valence-electron chi connectivity index (χ2n) is 7.93. The molecule has 2 aliphatic rings. The van der Waals surface area contributed by atoms with Crippen molar-refractivity contribution in [3.05, 3.63) is 29.8 Å². The number of aliphatic hydroxyl groups is 1. The number of hydrogen-bond acceptors (Lipinski definition) is 4. The zero-order valence-electron chi connectivity index (χ0n) is 15.6. The molecule has 0 aromatic heterocycles. The molecule has 138 valence electrons. The van der Waals surface area contributed by atoms with Crippen LogP contribution in [0.25, 0.3) is 0 Å². The van der Waals surface area contributed by atoms with Crippen molar-refractivity contribution >= 4 is 5.91 Å². The molecule has 1 aliphatic heterocycles. The number of aliphatic hydroxyl groups excluding tert-OH is 1. The highest BCUT2D eigenvalue weighted by Crippen LogP contribution is 2.50. The number of amides is 1. The summed E-state index contributed by atoms with van der Waals surface area (Å²) in [4.78, 5) is 17.5. The Bertz CT molecular complexity index is 595. The van der Waals surface area contributed by atoms with Crippen LogP contribution in [0.1, 0.15) is 24.8 Å². The van der Waals surface area contributed by atoms with E-state index in [-0.39, 0.29) is 23.8 Å². The molecular weight excluding hydrogens is 316 g/mol. The SMILES string of the molecule is COc1ccc(C2(C(=O)N3C[C@@H](CN(C)C)C[C@H](CO)C3)CC2)cc1. The number of benzene rings is 1. The van der Waals surface area contributed by atoms with E-state index in [0.717, 1.165) is 43.7 Å². The summed E-state index contributed by atoms with van der Waals surface area (Å²) in [6, 6.07) is 7.91. The first-order valence-electron chi connectivity index (χ1n) is 9.18. The molecule has 1 amide bonds. The van der Waals surface area contributed by atoms with Gasteiger partial charge in [0.25, 0.3) is 0 Å². The second-order valence-corrected chi connectivity index (χ2v) is 7.93. The molecule has 5 nitrogen and oxygen atoms in total. The van der Waals surface area contributed by atoms with Gasteiger partial charge in [-0.25, -0.2) is 0 Å². The molecule has 2 fully saturated rings. The summed E-state index contributed by atoms with van der Waals surface area (Å²) in [7, 11) is 5.78. The molecule has 1 N–H and O–H groups in total. The molecular formula is C20H30N2O3. The maximum absolute atomic E-state index is 13.3. The largest absolute Gasteiger partial charge is 0.497 e. The molecule has 0 bridgehead atoms. The van der Waals surface area contributed by atoms with Crippen LogP contribution in [0.3, 0.4) is 0 Å². The van der Waals surface area contributed by atoms with Crippen molar-refractivity contribution < 1.29 is 14.6 Å². The molecule has 5 heteroatoms. The summed E-state index contributed by atoms with van der Waals surface area (Å²) in [5.41, 5.74) is 0.736. The maximum atomic E-state index is 13.3. The minimum atomic E-state index is -0.355. The summed E-state index contributed by atoms with van der Waals surface area (Å²) in [6.45, 7) is 2.58. The van der Waals surface area contributed by atoms with Gasteiger partial charge in [0.1, 0.15) is 5.75 Å². The molecule has 25 heavy (non-hydrogen) atoms. The van der Waals surface area contributed by atoms with Crippen molar-refractivity contribution in [3.63, 3.8) is 0 Å². The summed E-state index contributed by atoms with van der Waals surface area (Å²) < 4.78 is 5.23. The van der Waals surface area contributed by atoms with Crippen molar-refractivity contribution in [1.29, 1.82) is 0 Å². The van der Waals surface area contributed by atoms with Crippen LogP contribution in [0.4, 0.5) is 0 Å². The fourth-order valence-electron chi connectivity index (χ4n) is 4.23. The number of carbonyl (C=O) groups excluding carboxylic acids is 1. The van der Waals surface area contributed by atoms with Gasteiger partial charge in [0.15, 0.2) is 0 Å². The van der Waals surface area contributed by atoms with Gasteiger partial charge >= 0.3 is 0 Å².